The van der Waals surface area contributed by atoms with E-state index >= 15 is 0 Å². The molecule has 28 heavy (non-hydrogen) atoms. The Morgan fingerprint density at radius 3 is 2.46 bits per heavy atom. The maximum atomic E-state index is 12.9. The highest BCUT2D eigenvalue weighted by atomic mass is 19.4. The van der Waals surface area contributed by atoms with Crippen molar-refractivity contribution in [1.29, 1.82) is 0 Å². The van der Waals surface area contributed by atoms with Gasteiger partial charge in [-0.1, -0.05) is 36.4 Å². The zero-order chi connectivity index (χ0) is 19.4. The molecule has 0 bridgehead atoms. The zero-order valence-corrected chi connectivity index (χ0v) is 15.8. The summed E-state index contributed by atoms with van der Waals surface area (Å²) in [7, 11) is 0. The van der Waals surface area contributed by atoms with Gasteiger partial charge in [0, 0.05) is 38.1 Å². The van der Waals surface area contributed by atoms with Gasteiger partial charge in [-0.2, -0.15) is 13.2 Å². The Balaban J connectivity index is 1.15. The van der Waals surface area contributed by atoms with Gasteiger partial charge in [0.1, 0.15) is 0 Å². The summed E-state index contributed by atoms with van der Waals surface area (Å²) in [5, 5.41) is 3.76. The smallest absolute Gasteiger partial charge is 0.313 e. The summed E-state index contributed by atoms with van der Waals surface area (Å²) in [6.45, 7) is 3.39. The van der Waals surface area contributed by atoms with Crippen LogP contribution in [0.5, 0.6) is 0 Å². The van der Waals surface area contributed by atoms with Crippen molar-refractivity contribution in [1.82, 2.24) is 10.2 Å². The Bertz CT molecular complexity index is 858. The molecule has 5 rings (SSSR count). The largest absolute Gasteiger partial charge is 0.416 e. The highest BCUT2D eigenvalue weighted by Crippen LogP contribution is 2.48. The zero-order valence-electron chi connectivity index (χ0n) is 15.8. The van der Waals surface area contributed by atoms with E-state index in [1.54, 1.807) is 6.07 Å². The average Bonchev–Trinajstić information content (AvgIpc) is 3.56. The van der Waals surface area contributed by atoms with E-state index in [0.29, 0.717) is 23.9 Å². The second-order valence-electron chi connectivity index (χ2n) is 8.87. The summed E-state index contributed by atoms with van der Waals surface area (Å²) in [6, 6.07) is 15.4. The number of nitrogens with zero attached hydrogens (tertiary/aromatic N) is 1. The molecule has 2 atom stereocenters. The topological polar surface area (TPSA) is 15.3 Å². The van der Waals surface area contributed by atoms with Crippen LogP contribution in [0.25, 0.3) is 0 Å². The predicted octanol–water partition coefficient (Wildman–Crippen LogP) is 4.95. The number of hydrogen-bond acceptors (Lipinski definition) is 2. The number of nitrogens with one attached hydrogen (secondary N) is 1. The number of alkyl halides is 3. The molecule has 1 aliphatic heterocycles. The van der Waals surface area contributed by atoms with Crippen molar-refractivity contribution in [3.8, 4) is 0 Å². The molecule has 2 unspecified atom stereocenters. The minimum absolute atomic E-state index is 0.304. The number of fused-ring (bicyclic) bond motifs is 1. The molecule has 2 aromatic carbocycles. The van der Waals surface area contributed by atoms with Crippen molar-refractivity contribution < 1.29 is 13.2 Å². The van der Waals surface area contributed by atoms with E-state index in [2.05, 4.69) is 40.5 Å². The SMILES string of the molecule is FC(F)(F)c1ccc2c(c1)CN(CC1(CNC3CC3c3ccccc3)CC1)C2. The Morgan fingerprint density at radius 1 is 1.00 bits per heavy atom. The van der Waals surface area contributed by atoms with Crippen LogP contribution in [0.3, 0.4) is 0 Å². The van der Waals surface area contributed by atoms with Crippen LogP contribution in [0.15, 0.2) is 48.5 Å². The maximum absolute atomic E-state index is 12.9. The van der Waals surface area contributed by atoms with Gasteiger partial charge in [-0.15, -0.1) is 0 Å². The molecular weight excluding hydrogens is 361 g/mol. The summed E-state index contributed by atoms with van der Waals surface area (Å²) in [4.78, 5) is 2.32. The van der Waals surface area contributed by atoms with Crippen LogP contribution in [0.2, 0.25) is 0 Å². The van der Waals surface area contributed by atoms with Crippen LogP contribution >= 0.6 is 0 Å². The molecule has 5 heteroatoms. The first-order valence-electron chi connectivity index (χ1n) is 10.1. The first-order valence-corrected chi connectivity index (χ1v) is 10.1. The molecular formula is C23H25F3N2. The van der Waals surface area contributed by atoms with Gasteiger partial charge in [0.2, 0.25) is 0 Å². The van der Waals surface area contributed by atoms with Gasteiger partial charge in [-0.25, -0.2) is 0 Å². The molecule has 0 amide bonds. The van der Waals surface area contributed by atoms with E-state index in [1.807, 2.05) is 0 Å². The Labute approximate surface area is 163 Å². The third-order valence-corrected chi connectivity index (χ3v) is 6.60. The van der Waals surface area contributed by atoms with Gasteiger partial charge in [-0.3, -0.25) is 4.90 Å². The first kappa shape index (κ1) is 18.2. The highest BCUT2D eigenvalue weighted by Gasteiger charge is 2.47. The minimum Gasteiger partial charge on any atom is -0.313 e. The monoisotopic (exact) mass is 386 g/mol. The lowest BCUT2D eigenvalue weighted by Gasteiger charge is -2.23. The normalized spacial score (nSPS) is 25.5. The third-order valence-electron chi connectivity index (χ3n) is 6.60. The fourth-order valence-electron chi connectivity index (χ4n) is 4.63. The molecule has 0 radical (unpaired) electrons. The molecule has 148 valence electrons. The number of benzene rings is 2. The van der Waals surface area contributed by atoms with Crippen LogP contribution in [0.1, 0.15) is 47.4 Å². The van der Waals surface area contributed by atoms with Gasteiger partial charge < -0.3 is 5.32 Å². The molecule has 2 aliphatic carbocycles. The van der Waals surface area contributed by atoms with Crippen molar-refractivity contribution >= 4 is 0 Å². The molecule has 2 fully saturated rings. The molecule has 1 heterocycles. The quantitative estimate of drug-likeness (QED) is 0.756. The van der Waals surface area contributed by atoms with Crippen molar-refractivity contribution in [2.24, 2.45) is 5.41 Å². The molecule has 0 spiro atoms. The molecule has 0 saturated heterocycles. The molecule has 2 saturated carbocycles. The Morgan fingerprint density at radius 2 is 1.75 bits per heavy atom. The lowest BCUT2D eigenvalue weighted by Crippen LogP contribution is -2.34. The predicted molar refractivity (Wildman–Crippen MR) is 103 cm³/mol. The standard InChI is InChI=1S/C23H25F3N2/c24-23(25,26)19-7-6-17-12-28(13-18(17)10-19)15-22(8-9-22)14-27-21-11-20(21)16-4-2-1-3-5-16/h1-7,10,20-21,27H,8-9,11-15H2. The van der Waals surface area contributed by atoms with Gasteiger partial charge >= 0.3 is 6.18 Å². The Kier molecular flexibility index (Phi) is 4.29. The van der Waals surface area contributed by atoms with Crippen molar-refractivity contribution in [3.05, 3.63) is 70.8 Å². The first-order chi connectivity index (χ1) is 13.4. The van der Waals surface area contributed by atoms with Crippen LogP contribution < -0.4 is 5.32 Å². The van der Waals surface area contributed by atoms with Gasteiger partial charge in [0.05, 0.1) is 5.56 Å². The molecule has 1 N–H and O–H groups in total. The second kappa shape index (κ2) is 6.60. The summed E-state index contributed by atoms with van der Waals surface area (Å²) in [5.41, 5.74) is 3.07. The Hall–Kier alpha value is -1.85. The molecule has 2 nitrogen and oxygen atoms in total. The number of halogens is 3. The van der Waals surface area contributed by atoms with Crippen molar-refractivity contribution in [2.75, 3.05) is 13.1 Å². The summed E-state index contributed by atoms with van der Waals surface area (Å²) < 4.78 is 38.8. The van der Waals surface area contributed by atoms with E-state index in [1.165, 1.54) is 37.0 Å². The molecule has 3 aliphatic rings. The van der Waals surface area contributed by atoms with Crippen molar-refractivity contribution in [3.63, 3.8) is 0 Å². The van der Waals surface area contributed by atoms with E-state index in [0.717, 1.165) is 30.8 Å². The second-order valence-corrected chi connectivity index (χ2v) is 8.87. The van der Waals surface area contributed by atoms with Crippen LogP contribution in [-0.2, 0) is 19.3 Å². The third kappa shape index (κ3) is 3.70. The van der Waals surface area contributed by atoms with Gasteiger partial charge in [-0.05, 0) is 53.5 Å². The number of rotatable bonds is 6. The van der Waals surface area contributed by atoms with Crippen LogP contribution in [0.4, 0.5) is 13.2 Å². The van der Waals surface area contributed by atoms with Gasteiger partial charge in [0.25, 0.3) is 0 Å². The van der Waals surface area contributed by atoms with E-state index < -0.39 is 11.7 Å². The summed E-state index contributed by atoms with van der Waals surface area (Å²) in [6.07, 6.45) is -0.633. The fourth-order valence-corrected chi connectivity index (χ4v) is 4.63. The summed E-state index contributed by atoms with van der Waals surface area (Å²) in [5.74, 6) is 0.633. The van der Waals surface area contributed by atoms with E-state index in [4.69, 9.17) is 0 Å². The highest BCUT2D eigenvalue weighted by molar-refractivity contribution is 5.36. The fraction of sp³-hybridized carbons (Fsp3) is 0.478. The van der Waals surface area contributed by atoms with Gasteiger partial charge in [0.15, 0.2) is 0 Å². The number of hydrogen-bond donors (Lipinski definition) is 1. The average molecular weight is 386 g/mol. The minimum atomic E-state index is -4.26. The molecule has 0 aromatic heterocycles. The van der Waals surface area contributed by atoms with E-state index in [9.17, 15) is 13.2 Å². The lowest BCUT2D eigenvalue weighted by molar-refractivity contribution is -0.137. The lowest BCUT2D eigenvalue weighted by atomic mass is 10.1. The van der Waals surface area contributed by atoms with E-state index in [-0.39, 0.29) is 0 Å². The van der Waals surface area contributed by atoms with Crippen LogP contribution in [0, 0.1) is 5.41 Å². The van der Waals surface area contributed by atoms with Crippen molar-refractivity contribution in [2.45, 2.75) is 50.5 Å². The maximum Gasteiger partial charge on any atom is 0.416 e. The van der Waals surface area contributed by atoms with Crippen LogP contribution in [-0.4, -0.2) is 24.0 Å². The summed E-state index contributed by atoms with van der Waals surface area (Å²) >= 11 is 0. The molecule has 2 aromatic rings.